The van der Waals surface area contributed by atoms with Gasteiger partial charge in [-0.15, -0.1) is 0 Å². The van der Waals surface area contributed by atoms with Crippen molar-refractivity contribution in [1.82, 2.24) is 9.88 Å². The molecule has 1 aliphatic heterocycles. The van der Waals surface area contributed by atoms with Crippen molar-refractivity contribution in [3.63, 3.8) is 0 Å². The van der Waals surface area contributed by atoms with E-state index in [9.17, 15) is 9.90 Å². The molecule has 0 saturated heterocycles. The van der Waals surface area contributed by atoms with E-state index in [0.29, 0.717) is 21.5 Å². The summed E-state index contributed by atoms with van der Waals surface area (Å²) in [5.41, 5.74) is 4.94. The first-order chi connectivity index (χ1) is 14.5. The molecule has 150 valence electrons. The molecule has 1 aromatic heterocycles. The molecule has 0 spiro atoms. The maximum Gasteiger partial charge on any atom is 0.260 e. The Morgan fingerprint density at radius 2 is 1.90 bits per heavy atom. The van der Waals surface area contributed by atoms with E-state index in [1.165, 1.54) is 11.1 Å². The Labute approximate surface area is 179 Å². The van der Waals surface area contributed by atoms with Crippen molar-refractivity contribution in [2.24, 2.45) is 0 Å². The van der Waals surface area contributed by atoms with Crippen LogP contribution in [0.25, 0.3) is 22.0 Å². The lowest BCUT2D eigenvalue weighted by atomic mass is 9.84. The van der Waals surface area contributed by atoms with E-state index in [4.69, 9.17) is 11.6 Å². The number of halogens is 1. The van der Waals surface area contributed by atoms with Crippen molar-refractivity contribution in [1.29, 1.82) is 0 Å². The van der Waals surface area contributed by atoms with Crippen molar-refractivity contribution >= 4 is 22.5 Å². The molecule has 5 rings (SSSR count). The Bertz CT molecular complexity index is 1330. The normalized spacial score (nSPS) is 16.5. The first-order valence-electron chi connectivity index (χ1n) is 9.92. The minimum Gasteiger partial charge on any atom is -0.506 e. The number of nitrogens with one attached hydrogen (secondary N) is 1. The average molecular weight is 417 g/mol. The van der Waals surface area contributed by atoms with Crippen molar-refractivity contribution in [3.8, 4) is 16.9 Å². The smallest absolute Gasteiger partial charge is 0.260 e. The number of aromatic hydroxyl groups is 1. The van der Waals surface area contributed by atoms with E-state index < -0.39 is 0 Å². The number of hydrogen-bond donors (Lipinski definition) is 2. The molecule has 0 bridgehead atoms. The predicted molar refractivity (Wildman–Crippen MR) is 121 cm³/mol. The lowest BCUT2D eigenvalue weighted by Crippen LogP contribution is -2.30. The molecule has 0 aliphatic carbocycles. The zero-order valence-corrected chi connectivity index (χ0v) is 17.3. The van der Waals surface area contributed by atoms with Gasteiger partial charge in [0.2, 0.25) is 0 Å². The van der Waals surface area contributed by atoms with Crippen LogP contribution >= 0.6 is 11.6 Å². The maximum atomic E-state index is 12.8. The number of rotatable bonds is 2. The van der Waals surface area contributed by atoms with Crippen molar-refractivity contribution in [2.45, 2.75) is 12.5 Å². The second-order valence-electron chi connectivity index (χ2n) is 7.94. The lowest BCUT2D eigenvalue weighted by molar-refractivity contribution is 0.295. The van der Waals surface area contributed by atoms with Gasteiger partial charge in [0.05, 0.1) is 11.1 Å². The van der Waals surface area contributed by atoms with Gasteiger partial charge in [-0.25, -0.2) is 0 Å². The van der Waals surface area contributed by atoms with Crippen LogP contribution in [0.5, 0.6) is 5.75 Å². The van der Waals surface area contributed by atoms with E-state index in [1.54, 1.807) is 18.2 Å². The van der Waals surface area contributed by atoms with Gasteiger partial charge in [0, 0.05) is 29.4 Å². The summed E-state index contributed by atoms with van der Waals surface area (Å²) in [5.74, 6) is 0.184. The standard InChI is InChI=1S/C25H21ClN2O2/c1-28-13-17-5-2-3-8-19(17)21(14-28)15-6-4-7-16(11-15)23-24(29)20-10-9-18(26)12-22(20)27-25(23)30/h2-12,21H,13-14H2,1H3,(H2,27,29,30)/t21-/m1/s1. The molecule has 4 nitrogen and oxygen atoms in total. The Morgan fingerprint density at radius 1 is 1.07 bits per heavy atom. The molecule has 0 fully saturated rings. The van der Waals surface area contributed by atoms with Crippen molar-refractivity contribution in [2.75, 3.05) is 13.6 Å². The van der Waals surface area contributed by atoms with Gasteiger partial charge in [-0.2, -0.15) is 0 Å². The van der Waals surface area contributed by atoms with E-state index in [-0.39, 0.29) is 22.8 Å². The molecule has 0 saturated carbocycles. The van der Waals surface area contributed by atoms with Crippen LogP contribution in [0.4, 0.5) is 0 Å². The minimum absolute atomic E-state index is 0.0243. The molecule has 3 aromatic carbocycles. The highest BCUT2D eigenvalue weighted by molar-refractivity contribution is 6.31. The monoisotopic (exact) mass is 416 g/mol. The largest absolute Gasteiger partial charge is 0.506 e. The Kier molecular flexibility index (Phi) is 4.61. The van der Waals surface area contributed by atoms with Crippen molar-refractivity contribution in [3.05, 3.63) is 98.8 Å². The first-order valence-corrected chi connectivity index (χ1v) is 10.3. The number of aromatic amines is 1. The number of H-pyrrole nitrogens is 1. The second kappa shape index (κ2) is 7.31. The summed E-state index contributed by atoms with van der Waals surface area (Å²) in [5, 5.41) is 12.0. The molecular weight excluding hydrogens is 396 g/mol. The highest BCUT2D eigenvalue weighted by atomic mass is 35.5. The summed E-state index contributed by atoms with van der Waals surface area (Å²) in [7, 11) is 2.12. The summed E-state index contributed by atoms with van der Waals surface area (Å²) in [6.45, 7) is 1.83. The van der Waals surface area contributed by atoms with Crippen LogP contribution in [0.3, 0.4) is 0 Å². The van der Waals surface area contributed by atoms with Crippen LogP contribution in [-0.2, 0) is 6.54 Å². The van der Waals surface area contributed by atoms with Crippen LogP contribution in [0, 0.1) is 0 Å². The van der Waals surface area contributed by atoms with Crippen LogP contribution in [0.2, 0.25) is 5.02 Å². The number of aromatic nitrogens is 1. The number of hydrogen-bond acceptors (Lipinski definition) is 3. The number of likely N-dealkylation sites (N-methyl/N-ethyl adjacent to an activating group) is 1. The van der Waals surface area contributed by atoms with E-state index >= 15 is 0 Å². The first kappa shape index (κ1) is 18.9. The molecule has 5 heteroatoms. The van der Waals surface area contributed by atoms with Gasteiger partial charge in [0.1, 0.15) is 5.75 Å². The average Bonchev–Trinajstić information content (AvgIpc) is 2.73. The molecule has 0 radical (unpaired) electrons. The maximum absolute atomic E-state index is 12.8. The fraction of sp³-hybridized carbons (Fsp3) is 0.160. The number of nitrogens with zero attached hydrogens (tertiary/aromatic N) is 1. The van der Waals surface area contributed by atoms with Gasteiger partial charge in [0.25, 0.3) is 5.56 Å². The summed E-state index contributed by atoms with van der Waals surface area (Å²) >= 11 is 6.03. The van der Waals surface area contributed by atoms with E-state index in [2.05, 4.69) is 47.3 Å². The summed E-state index contributed by atoms with van der Waals surface area (Å²) in [6.07, 6.45) is 0. The fourth-order valence-corrected chi connectivity index (χ4v) is 4.67. The Morgan fingerprint density at radius 3 is 2.77 bits per heavy atom. The van der Waals surface area contributed by atoms with E-state index in [1.807, 2.05) is 18.2 Å². The summed E-state index contributed by atoms with van der Waals surface area (Å²) < 4.78 is 0. The zero-order chi connectivity index (χ0) is 20.8. The summed E-state index contributed by atoms with van der Waals surface area (Å²) in [6, 6.07) is 21.5. The third-order valence-electron chi connectivity index (χ3n) is 5.89. The van der Waals surface area contributed by atoms with E-state index in [0.717, 1.165) is 18.7 Å². The molecule has 0 unspecified atom stereocenters. The van der Waals surface area contributed by atoms with Crippen LogP contribution in [0.1, 0.15) is 22.6 Å². The predicted octanol–water partition coefficient (Wildman–Crippen LogP) is 5.13. The molecule has 0 amide bonds. The van der Waals surface area contributed by atoms with Gasteiger partial charge in [-0.05, 0) is 47.5 Å². The fourth-order valence-electron chi connectivity index (χ4n) is 4.50. The zero-order valence-electron chi connectivity index (χ0n) is 16.5. The van der Waals surface area contributed by atoms with Gasteiger partial charge in [-0.1, -0.05) is 60.1 Å². The SMILES string of the molecule is CN1Cc2ccccc2[C@@H](c2cccc(-c3c(O)c4ccc(Cl)cc4[nH]c3=O)c2)C1. The molecule has 1 aliphatic rings. The number of fused-ring (bicyclic) bond motifs is 2. The molecule has 4 aromatic rings. The minimum atomic E-state index is -0.333. The molecular formula is C25H21ClN2O2. The highest BCUT2D eigenvalue weighted by Gasteiger charge is 2.25. The van der Waals surface area contributed by atoms with Gasteiger partial charge >= 0.3 is 0 Å². The van der Waals surface area contributed by atoms with Crippen LogP contribution in [0.15, 0.2) is 71.5 Å². The van der Waals surface area contributed by atoms with Crippen molar-refractivity contribution < 1.29 is 5.11 Å². The van der Waals surface area contributed by atoms with Crippen LogP contribution < -0.4 is 5.56 Å². The molecule has 1 atom stereocenters. The Balaban J connectivity index is 1.65. The number of pyridine rings is 1. The lowest BCUT2D eigenvalue weighted by Gasteiger charge is -2.32. The quantitative estimate of drug-likeness (QED) is 0.476. The molecule has 2 heterocycles. The molecule has 30 heavy (non-hydrogen) atoms. The van der Waals surface area contributed by atoms with Gasteiger partial charge < -0.3 is 15.0 Å². The van der Waals surface area contributed by atoms with Crippen LogP contribution in [-0.4, -0.2) is 28.6 Å². The Hall–Kier alpha value is -3.08. The molecule has 2 N–H and O–H groups in total. The van der Waals surface area contributed by atoms with Gasteiger partial charge in [-0.3, -0.25) is 4.79 Å². The third-order valence-corrected chi connectivity index (χ3v) is 6.13. The van der Waals surface area contributed by atoms with Gasteiger partial charge in [0.15, 0.2) is 0 Å². The second-order valence-corrected chi connectivity index (χ2v) is 8.38. The highest BCUT2D eigenvalue weighted by Crippen LogP contribution is 2.37. The third kappa shape index (κ3) is 3.18. The number of benzene rings is 3. The topological polar surface area (TPSA) is 56.3 Å². The summed E-state index contributed by atoms with van der Waals surface area (Å²) in [4.78, 5) is 18.0.